The van der Waals surface area contributed by atoms with Crippen LogP contribution in [0, 0.1) is 23.6 Å². The van der Waals surface area contributed by atoms with Crippen LogP contribution in [-0.2, 0) is 21.4 Å². The number of pyridine rings is 1. The predicted molar refractivity (Wildman–Crippen MR) is 133 cm³/mol. The molecule has 3 aliphatic rings. The molecule has 186 valence electrons. The zero-order chi connectivity index (χ0) is 25.0. The number of nitrogens with zero attached hydrogens (tertiary/aromatic N) is 3. The maximum absolute atomic E-state index is 14.6. The largest absolute Gasteiger partial charge is 0.474 e. The van der Waals surface area contributed by atoms with Gasteiger partial charge in [0.2, 0.25) is 5.88 Å². The highest BCUT2D eigenvalue weighted by Crippen LogP contribution is 2.53. The number of fused-ring (bicyclic) bond motifs is 4. The van der Waals surface area contributed by atoms with Crippen LogP contribution in [0.25, 0.3) is 22.3 Å². The van der Waals surface area contributed by atoms with Gasteiger partial charge < -0.3 is 9.53 Å². The zero-order valence-corrected chi connectivity index (χ0v) is 20.7. The van der Waals surface area contributed by atoms with Gasteiger partial charge in [-0.1, -0.05) is 26.0 Å². The molecule has 1 aromatic carbocycles. The molecule has 0 N–H and O–H groups in total. The van der Waals surface area contributed by atoms with Crippen molar-refractivity contribution in [3.8, 4) is 17.3 Å². The molecule has 2 aromatic heterocycles. The quantitative estimate of drug-likeness (QED) is 0.362. The van der Waals surface area contributed by atoms with Crippen molar-refractivity contribution in [1.29, 1.82) is 0 Å². The van der Waals surface area contributed by atoms with Gasteiger partial charge in [0.1, 0.15) is 29.5 Å². The Bertz CT molecular complexity index is 1370. The molecule has 2 heterocycles. The highest BCUT2D eigenvalue weighted by atomic mass is 19.1. The van der Waals surface area contributed by atoms with Gasteiger partial charge in [0.25, 0.3) is 0 Å². The predicted octanol–water partition coefficient (Wildman–Crippen LogP) is 5.40. The van der Waals surface area contributed by atoms with E-state index in [0.29, 0.717) is 29.1 Å². The first kappa shape index (κ1) is 23.2. The molecule has 36 heavy (non-hydrogen) atoms. The van der Waals surface area contributed by atoms with Crippen molar-refractivity contribution >= 4 is 23.0 Å². The Labute approximate surface area is 209 Å². The van der Waals surface area contributed by atoms with Crippen LogP contribution in [0.5, 0.6) is 5.88 Å². The van der Waals surface area contributed by atoms with Crippen LogP contribution >= 0.6 is 0 Å². The normalized spacial score (nSPS) is 28.1. The molecule has 0 bridgehead atoms. The van der Waals surface area contributed by atoms with Crippen LogP contribution in [0.2, 0.25) is 0 Å². The molecule has 2 fully saturated rings. The summed E-state index contributed by atoms with van der Waals surface area (Å²) in [5, 5.41) is 0.639. The molecule has 0 saturated heterocycles. The molecule has 0 amide bonds. The lowest BCUT2D eigenvalue weighted by Crippen LogP contribution is -2.51. The zero-order valence-electron chi connectivity index (χ0n) is 20.7. The number of hydrogen-bond acceptors (Lipinski definition) is 6. The molecule has 6 rings (SSSR count). The average Bonchev–Trinajstić information content (AvgIpc) is 3.39. The van der Waals surface area contributed by atoms with E-state index in [1.807, 2.05) is 19.1 Å². The van der Waals surface area contributed by atoms with Crippen molar-refractivity contribution in [2.24, 2.45) is 17.8 Å². The Morgan fingerprint density at radius 1 is 1.14 bits per heavy atom. The fourth-order valence-corrected chi connectivity index (χ4v) is 6.93. The highest BCUT2D eigenvalue weighted by Gasteiger charge is 2.53. The second-order valence-electron chi connectivity index (χ2n) is 10.9. The third-order valence-corrected chi connectivity index (χ3v) is 8.80. The first-order valence-electron chi connectivity index (χ1n) is 13.0. The molecule has 3 aliphatic carbocycles. The van der Waals surface area contributed by atoms with E-state index in [1.165, 1.54) is 6.07 Å². The van der Waals surface area contributed by atoms with Gasteiger partial charge in [-0.2, -0.15) is 4.98 Å². The summed E-state index contributed by atoms with van der Waals surface area (Å²) in [5.41, 5.74) is 2.35. The molecule has 7 heteroatoms. The molecule has 0 aliphatic heterocycles. The van der Waals surface area contributed by atoms with Gasteiger partial charge in [-0.3, -0.25) is 9.78 Å². The van der Waals surface area contributed by atoms with Crippen LogP contribution in [0.15, 0.2) is 30.5 Å². The lowest BCUT2D eigenvalue weighted by atomic mass is 9.54. The van der Waals surface area contributed by atoms with Gasteiger partial charge in [0.05, 0.1) is 11.6 Å². The molecule has 0 radical (unpaired) electrons. The molecule has 3 aromatic rings. The van der Waals surface area contributed by atoms with Crippen molar-refractivity contribution < 1.29 is 18.7 Å². The van der Waals surface area contributed by atoms with Crippen molar-refractivity contribution in [1.82, 2.24) is 15.0 Å². The number of Topliss-reactive ketones (excluding diaryl/α,β-unsaturated/α-hetero) is 1. The smallest absolute Gasteiger partial charge is 0.220 e. The van der Waals surface area contributed by atoms with Crippen LogP contribution in [0.1, 0.15) is 63.6 Å². The summed E-state index contributed by atoms with van der Waals surface area (Å²) in [6, 6.07) is 6.70. The number of ketones is 1. The minimum absolute atomic E-state index is 0.0308. The highest BCUT2D eigenvalue weighted by molar-refractivity contribution is 5.96. The fraction of sp³-hybridized carbons (Fsp3) is 0.483. The fourth-order valence-electron chi connectivity index (χ4n) is 6.93. The van der Waals surface area contributed by atoms with Crippen molar-refractivity contribution in [3.05, 3.63) is 47.5 Å². The molecular formula is C29H30FN3O3. The number of para-hydroxylation sites is 1. The van der Waals surface area contributed by atoms with Crippen molar-refractivity contribution in [2.45, 2.75) is 70.3 Å². The minimum atomic E-state index is -0.638. The van der Waals surface area contributed by atoms with E-state index >= 15 is 0 Å². The minimum Gasteiger partial charge on any atom is -0.474 e. The average molecular weight is 488 g/mol. The van der Waals surface area contributed by atoms with E-state index in [0.717, 1.165) is 56.1 Å². The number of carbonyl (C=O) groups excluding carboxylic acids is 2. The molecular weight excluding hydrogens is 457 g/mol. The molecule has 6 nitrogen and oxygen atoms in total. The number of aldehydes is 1. The monoisotopic (exact) mass is 487 g/mol. The maximum atomic E-state index is 14.6. The standard InChI is InChI=1S/C29H30FN3O3/c1-16-22-11-10-21-26(29(22,2)14-17(15-34)25(16)35)32-27(33-28(21)36-18-6-3-4-7-18)20-12-13-31-24-19(20)8-5-9-23(24)30/h5,8-9,12-13,15-18,22H,3-4,6-7,10-11,14H2,1-2H3/t16-,17?,22-,29-/m1/s1. The summed E-state index contributed by atoms with van der Waals surface area (Å²) in [6.45, 7) is 4.08. The van der Waals surface area contributed by atoms with Gasteiger partial charge in [0.15, 0.2) is 5.82 Å². The lowest BCUT2D eigenvalue weighted by molar-refractivity contribution is -0.137. The molecule has 4 atom stereocenters. The summed E-state index contributed by atoms with van der Waals surface area (Å²) < 4.78 is 21.1. The summed E-state index contributed by atoms with van der Waals surface area (Å²) >= 11 is 0. The number of carbonyl (C=O) groups is 2. The summed E-state index contributed by atoms with van der Waals surface area (Å²) in [4.78, 5) is 39.1. The number of rotatable bonds is 4. The number of ether oxygens (including phenoxy) is 1. The van der Waals surface area contributed by atoms with E-state index in [4.69, 9.17) is 14.7 Å². The second kappa shape index (κ2) is 8.71. The van der Waals surface area contributed by atoms with Crippen molar-refractivity contribution in [3.63, 3.8) is 0 Å². The van der Waals surface area contributed by atoms with Gasteiger partial charge in [-0.25, -0.2) is 9.37 Å². The first-order valence-corrected chi connectivity index (χ1v) is 13.0. The van der Waals surface area contributed by atoms with Gasteiger partial charge in [-0.15, -0.1) is 0 Å². The molecule has 2 saturated carbocycles. The number of hydrogen-bond donors (Lipinski definition) is 0. The third-order valence-electron chi connectivity index (χ3n) is 8.80. The van der Waals surface area contributed by atoms with Crippen LogP contribution in [0.4, 0.5) is 4.39 Å². The Balaban J connectivity index is 1.56. The van der Waals surface area contributed by atoms with Crippen LogP contribution in [-0.4, -0.2) is 33.1 Å². The lowest BCUT2D eigenvalue weighted by Gasteiger charge is -2.49. The Kier molecular flexibility index (Phi) is 5.61. The van der Waals surface area contributed by atoms with Gasteiger partial charge in [-0.05, 0) is 63.0 Å². The van der Waals surface area contributed by atoms with E-state index in [9.17, 15) is 14.0 Å². The Morgan fingerprint density at radius 3 is 2.72 bits per heavy atom. The van der Waals surface area contributed by atoms with E-state index < -0.39 is 17.2 Å². The summed E-state index contributed by atoms with van der Waals surface area (Å²) in [7, 11) is 0. The summed E-state index contributed by atoms with van der Waals surface area (Å²) in [5.74, 6) is -0.0777. The maximum Gasteiger partial charge on any atom is 0.220 e. The van der Waals surface area contributed by atoms with Crippen LogP contribution < -0.4 is 4.74 Å². The number of benzene rings is 1. The molecule has 0 spiro atoms. The first-order chi connectivity index (χ1) is 17.4. The SMILES string of the molecule is C[C@H]1C(=O)C(C=O)C[C@@]2(C)c3nc(-c4ccnc5c(F)cccc45)nc(OC4CCCC4)c3CC[C@H]12. The second-order valence-corrected chi connectivity index (χ2v) is 10.9. The van der Waals surface area contributed by atoms with E-state index in [1.54, 1.807) is 12.3 Å². The van der Waals surface area contributed by atoms with E-state index in [-0.39, 0.29) is 29.2 Å². The Hall–Kier alpha value is -3.22. The van der Waals surface area contributed by atoms with E-state index in [2.05, 4.69) is 11.9 Å². The number of halogens is 1. The van der Waals surface area contributed by atoms with Gasteiger partial charge >= 0.3 is 0 Å². The van der Waals surface area contributed by atoms with Gasteiger partial charge in [0, 0.05) is 34.0 Å². The topological polar surface area (TPSA) is 82.0 Å². The Morgan fingerprint density at radius 2 is 1.94 bits per heavy atom. The summed E-state index contributed by atoms with van der Waals surface area (Å²) in [6.07, 6.45) is 8.75. The van der Waals surface area contributed by atoms with Crippen LogP contribution in [0.3, 0.4) is 0 Å². The van der Waals surface area contributed by atoms with Crippen molar-refractivity contribution in [2.75, 3.05) is 0 Å². The third kappa shape index (κ3) is 3.54. The molecule has 1 unspecified atom stereocenters. The number of aromatic nitrogens is 3.